The molecular weight excluding hydrogens is 662 g/mol. The fourth-order valence-electron chi connectivity index (χ4n) is 5.19. The van der Waals surface area contributed by atoms with E-state index in [1.807, 2.05) is 6.92 Å². The van der Waals surface area contributed by atoms with E-state index in [1.165, 1.54) is 27.8 Å². The van der Waals surface area contributed by atoms with Gasteiger partial charge in [0.2, 0.25) is 5.91 Å². The molecule has 3 aromatic heterocycles. The minimum atomic E-state index is -4.57. The average Bonchev–Trinajstić information content (AvgIpc) is 3.33. The number of aryl methyl sites for hydroxylation is 2. The molecule has 1 atom stereocenters. The molecule has 0 bridgehead atoms. The zero-order valence-electron chi connectivity index (χ0n) is 25.7. The van der Waals surface area contributed by atoms with E-state index in [0.717, 1.165) is 16.7 Å². The van der Waals surface area contributed by atoms with E-state index in [-0.39, 0.29) is 55.0 Å². The monoisotopic (exact) mass is 693 g/mol. The molecule has 2 aliphatic heterocycles. The second kappa shape index (κ2) is 13.4. The summed E-state index contributed by atoms with van der Waals surface area (Å²) in [5.41, 5.74) is 8.72. The number of likely N-dealkylation sites (tertiary alicyclic amines) is 1. The van der Waals surface area contributed by atoms with Crippen LogP contribution < -0.4 is 5.73 Å². The molecule has 0 spiro atoms. The lowest BCUT2D eigenvalue weighted by Crippen LogP contribution is -2.51. The zero-order valence-corrected chi connectivity index (χ0v) is 26.5. The summed E-state index contributed by atoms with van der Waals surface area (Å²) in [6, 6.07) is 10.7. The number of benzene rings is 1. The van der Waals surface area contributed by atoms with Gasteiger partial charge in [-0.3, -0.25) is 18.8 Å². The summed E-state index contributed by atoms with van der Waals surface area (Å²) in [5, 5.41) is 4.56. The molecule has 2 fully saturated rings. The molecule has 6 rings (SSSR count). The largest absolute Gasteiger partial charge is 0.416 e. The van der Waals surface area contributed by atoms with Gasteiger partial charge in [0, 0.05) is 31.2 Å². The Labute approximate surface area is 272 Å². The number of nitrogens with zero attached hydrogens (tertiary/aromatic N) is 6. The maximum Gasteiger partial charge on any atom is 0.416 e. The number of ether oxygens (including phenoxy) is 1. The molecule has 0 radical (unpaired) electrons. The van der Waals surface area contributed by atoms with Crippen LogP contribution in [0.1, 0.15) is 33.2 Å². The van der Waals surface area contributed by atoms with Gasteiger partial charge in [0.15, 0.2) is 11.9 Å². The Bertz CT molecular complexity index is 1950. The Morgan fingerprint density at radius 1 is 1.06 bits per heavy atom. The highest BCUT2D eigenvalue weighted by Gasteiger charge is 2.44. The van der Waals surface area contributed by atoms with Gasteiger partial charge >= 0.3 is 6.18 Å². The molecule has 2 aliphatic rings. The number of anilines is 1. The van der Waals surface area contributed by atoms with Gasteiger partial charge in [-0.05, 0) is 44.2 Å². The van der Waals surface area contributed by atoms with E-state index in [9.17, 15) is 35.6 Å². The number of hydrogen-bond acceptors (Lipinski definition) is 9. The van der Waals surface area contributed by atoms with Crippen molar-refractivity contribution in [3.8, 4) is 0 Å². The van der Waals surface area contributed by atoms with Crippen molar-refractivity contribution in [2.24, 2.45) is 0 Å². The zero-order chi connectivity index (χ0) is 35.0. The Kier molecular flexibility index (Phi) is 9.70. The molecule has 2 saturated heterocycles. The smallest absolute Gasteiger partial charge is 0.384 e. The Morgan fingerprint density at radius 3 is 2.40 bits per heavy atom. The molecule has 5 heterocycles. The highest BCUT2D eigenvalue weighted by molar-refractivity contribution is 7.85. The molecule has 13 nitrogen and oxygen atoms in total. The summed E-state index contributed by atoms with van der Waals surface area (Å²) < 4.78 is 89.1. The first-order chi connectivity index (χ1) is 22.5. The van der Waals surface area contributed by atoms with Crippen LogP contribution >= 0.6 is 0 Å². The fraction of sp³-hybridized carbons (Fsp3) is 0.367. The Hall–Kier alpha value is -4.68. The molecule has 18 heteroatoms. The minimum Gasteiger partial charge on any atom is -0.384 e. The summed E-state index contributed by atoms with van der Waals surface area (Å²) in [4.78, 5) is 36.3. The van der Waals surface area contributed by atoms with Crippen LogP contribution in [-0.2, 0) is 26.2 Å². The van der Waals surface area contributed by atoms with Gasteiger partial charge in [-0.25, -0.2) is 14.4 Å². The van der Waals surface area contributed by atoms with Crippen molar-refractivity contribution < 1.29 is 44.9 Å². The summed E-state index contributed by atoms with van der Waals surface area (Å²) in [6.45, 7) is 3.10. The van der Waals surface area contributed by atoms with Crippen LogP contribution in [0, 0.1) is 19.7 Å². The number of morpholine rings is 1. The number of rotatable bonds is 5. The normalized spacial score (nSPS) is 17.1. The van der Waals surface area contributed by atoms with Crippen LogP contribution in [0.15, 0.2) is 53.6 Å². The lowest BCUT2D eigenvalue weighted by atomic mass is 9.94. The number of alkyl halides is 3. The van der Waals surface area contributed by atoms with E-state index in [2.05, 4.69) is 15.1 Å². The molecule has 0 saturated carbocycles. The molecule has 0 aliphatic carbocycles. The number of nitrogen functional groups attached to an aromatic ring is 1. The fourth-order valence-corrected chi connectivity index (χ4v) is 5.67. The van der Waals surface area contributed by atoms with Crippen molar-refractivity contribution >= 4 is 38.8 Å². The second-order valence-corrected chi connectivity index (χ2v) is 12.8. The van der Waals surface area contributed by atoms with Gasteiger partial charge in [0.25, 0.3) is 16.0 Å². The Morgan fingerprint density at radius 2 is 1.75 bits per heavy atom. The first kappa shape index (κ1) is 34.6. The molecule has 48 heavy (non-hydrogen) atoms. The third-order valence-electron chi connectivity index (χ3n) is 7.81. The standard InChI is InChI=1S/C23H23F4N7O3.C7H8O3S/c1-12-2-3-16-21(30-12)20(13-8-33(9-13)22(36)14-6-18(28)29-7-15(14)24)31-34(16)11-19(35)32-4-5-37-17(10-32)23(25,26)27;1-6-2-4-7(5-3-6)11(8,9)10/h2-3,6-7,13,17H,4-5,8-11H2,1H3,(H2,28,29);2-5H,1H3,(H,8,9,10)/t17-;/m1./s1. The number of amides is 2. The summed E-state index contributed by atoms with van der Waals surface area (Å²) in [6.07, 6.45) is -5.70. The second-order valence-electron chi connectivity index (χ2n) is 11.4. The van der Waals surface area contributed by atoms with E-state index in [1.54, 1.807) is 31.2 Å². The van der Waals surface area contributed by atoms with Gasteiger partial charge in [0.1, 0.15) is 17.9 Å². The lowest BCUT2D eigenvalue weighted by molar-refractivity contribution is -0.236. The number of aromatic nitrogens is 4. The topological polar surface area (TPSA) is 174 Å². The van der Waals surface area contributed by atoms with Crippen LogP contribution in [-0.4, -0.2) is 99.4 Å². The highest BCUT2D eigenvalue weighted by atomic mass is 32.2. The van der Waals surface area contributed by atoms with Crippen LogP contribution in [0.3, 0.4) is 0 Å². The predicted molar refractivity (Wildman–Crippen MR) is 163 cm³/mol. The SMILES string of the molecule is Cc1ccc(S(=O)(=O)O)cc1.Cc1ccc2c(n1)c(C1CN(C(=O)c3cc(N)ncc3F)C1)nn2CC(=O)N1CCO[C@@H](C(F)(F)F)C1. The summed E-state index contributed by atoms with van der Waals surface area (Å²) in [7, 11) is -4.02. The van der Waals surface area contributed by atoms with Gasteiger partial charge in [-0.1, -0.05) is 17.7 Å². The molecule has 4 aromatic rings. The van der Waals surface area contributed by atoms with E-state index < -0.39 is 46.6 Å². The number of carbonyl (C=O) groups is 2. The van der Waals surface area contributed by atoms with Crippen molar-refractivity contribution in [3.05, 3.63) is 77.0 Å². The predicted octanol–water partition coefficient (Wildman–Crippen LogP) is 3.13. The van der Waals surface area contributed by atoms with Crippen LogP contribution in [0.4, 0.5) is 23.4 Å². The number of fused-ring (bicyclic) bond motifs is 1. The molecular formula is C30H31F4N7O6S. The molecule has 256 valence electrons. The van der Waals surface area contributed by atoms with Crippen molar-refractivity contribution in [2.75, 3.05) is 38.5 Å². The third kappa shape index (κ3) is 7.71. The highest BCUT2D eigenvalue weighted by Crippen LogP contribution is 2.33. The molecule has 2 amide bonds. The Balaban J connectivity index is 0.000000349. The van der Waals surface area contributed by atoms with Crippen LogP contribution in [0.25, 0.3) is 11.0 Å². The summed E-state index contributed by atoms with van der Waals surface area (Å²) in [5.74, 6) is -2.03. The first-order valence-corrected chi connectivity index (χ1v) is 16.0. The average molecular weight is 694 g/mol. The van der Waals surface area contributed by atoms with Crippen molar-refractivity contribution in [1.82, 2.24) is 29.5 Å². The van der Waals surface area contributed by atoms with Gasteiger partial charge in [-0.15, -0.1) is 0 Å². The minimum absolute atomic E-state index is 0.0257. The number of pyridine rings is 2. The van der Waals surface area contributed by atoms with Gasteiger partial charge in [0.05, 0.1) is 41.0 Å². The van der Waals surface area contributed by atoms with Crippen LogP contribution in [0.5, 0.6) is 0 Å². The summed E-state index contributed by atoms with van der Waals surface area (Å²) >= 11 is 0. The van der Waals surface area contributed by atoms with Crippen molar-refractivity contribution in [1.29, 1.82) is 0 Å². The molecule has 0 unspecified atom stereocenters. The number of carbonyl (C=O) groups excluding carboxylic acids is 2. The van der Waals surface area contributed by atoms with E-state index in [0.29, 0.717) is 22.4 Å². The van der Waals surface area contributed by atoms with Gasteiger partial charge < -0.3 is 20.3 Å². The molecule has 1 aromatic carbocycles. The van der Waals surface area contributed by atoms with Crippen LogP contribution in [0.2, 0.25) is 0 Å². The first-order valence-electron chi connectivity index (χ1n) is 14.6. The van der Waals surface area contributed by atoms with E-state index in [4.69, 9.17) is 15.0 Å². The van der Waals surface area contributed by atoms with Crippen molar-refractivity contribution in [3.63, 3.8) is 0 Å². The lowest BCUT2D eigenvalue weighted by Gasteiger charge is -2.38. The number of nitrogens with two attached hydrogens (primary N) is 1. The number of halogens is 4. The molecule has 3 N–H and O–H groups in total. The van der Waals surface area contributed by atoms with Crippen molar-refractivity contribution in [2.45, 2.75) is 43.5 Å². The third-order valence-corrected chi connectivity index (χ3v) is 8.68. The van der Waals surface area contributed by atoms with E-state index >= 15 is 0 Å². The maximum absolute atomic E-state index is 14.1. The maximum atomic E-state index is 14.1. The quantitative estimate of drug-likeness (QED) is 0.234. The van der Waals surface area contributed by atoms with Gasteiger partial charge in [-0.2, -0.15) is 26.7 Å². The number of hydrogen-bond donors (Lipinski definition) is 2.